The van der Waals surface area contributed by atoms with E-state index < -0.39 is 0 Å². The Balaban J connectivity index is 2.09. The van der Waals surface area contributed by atoms with Gasteiger partial charge in [-0.2, -0.15) is 5.10 Å². The Morgan fingerprint density at radius 1 is 1.33 bits per heavy atom. The molecule has 1 aromatic rings. The Bertz CT molecular complexity index is 435. The second kappa shape index (κ2) is 8.19. The lowest BCUT2D eigenvalue weighted by molar-refractivity contribution is 0.315. The van der Waals surface area contributed by atoms with E-state index in [4.69, 9.17) is 11.6 Å². The van der Waals surface area contributed by atoms with Gasteiger partial charge >= 0.3 is 0 Å². The first-order valence-corrected chi connectivity index (χ1v) is 8.97. The molecule has 1 atom stereocenters. The average Bonchev–Trinajstić information content (AvgIpc) is 3.09. The van der Waals surface area contributed by atoms with Gasteiger partial charge in [-0.1, -0.05) is 44.2 Å². The Labute approximate surface area is 134 Å². The molecule has 1 aliphatic carbocycles. The van der Waals surface area contributed by atoms with Gasteiger partial charge in [0.1, 0.15) is 0 Å². The van der Waals surface area contributed by atoms with E-state index >= 15 is 0 Å². The molecule has 0 amide bonds. The predicted molar refractivity (Wildman–Crippen MR) is 90.0 cm³/mol. The van der Waals surface area contributed by atoms with Gasteiger partial charge in [0.05, 0.1) is 16.4 Å². The quantitative estimate of drug-likeness (QED) is 0.729. The molecule has 1 unspecified atom stereocenters. The summed E-state index contributed by atoms with van der Waals surface area (Å²) >= 11 is 6.50. The number of hydrogen-bond donors (Lipinski definition) is 1. The maximum absolute atomic E-state index is 6.50. The minimum atomic E-state index is 0.693. The molecule has 0 bridgehead atoms. The van der Waals surface area contributed by atoms with E-state index in [-0.39, 0.29) is 0 Å². The number of rotatable bonds is 8. The Morgan fingerprint density at radius 3 is 2.67 bits per heavy atom. The lowest BCUT2D eigenvalue weighted by Gasteiger charge is -2.24. The molecular weight excluding hydrogens is 282 g/mol. The van der Waals surface area contributed by atoms with E-state index in [1.165, 1.54) is 37.8 Å². The molecule has 1 heterocycles. The van der Waals surface area contributed by atoms with Gasteiger partial charge in [0.2, 0.25) is 0 Å². The van der Waals surface area contributed by atoms with Crippen LogP contribution in [0, 0.1) is 18.8 Å². The maximum atomic E-state index is 6.50. The molecule has 120 valence electrons. The van der Waals surface area contributed by atoms with Crippen LogP contribution in [0.25, 0.3) is 0 Å². The molecule has 1 aromatic heterocycles. The van der Waals surface area contributed by atoms with Gasteiger partial charge in [-0.3, -0.25) is 4.68 Å². The average molecular weight is 312 g/mol. The van der Waals surface area contributed by atoms with E-state index in [2.05, 4.69) is 28.9 Å². The summed E-state index contributed by atoms with van der Waals surface area (Å²) in [7, 11) is 0. The molecule has 1 aliphatic rings. The molecule has 0 radical (unpaired) electrons. The summed E-state index contributed by atoms with van der Waals surface area (Å²) in [6, 6.07) is 0. The second-order valence-electron chi connectivity index (χ2n) is 6.37. The van der Waals surface area contributed by atoms with Crippen LogP contribution >= 0.6 is 11.6 Å². The van der Waals surface area contributed by atoms with Crippen LogP contribution < -0.4 is 5.32 Å². The minimum Gasteiger partial charge on any atom is -0.316 e. The van der Waals surface area contributed by atoms with Gasteiger partial charge in [0.15, 0.2) is 0 Å². The fourth-order valence-corrected chi connectivity index (χ4v) is 3.82. The number of nitrogens with one attached hydrogen (secondary N) is 1. The van der Waals surface area contributed by atoms with Crippen molar-refractivity contribution in [3.63, 3.8) is 0 Å². The van der Waals surface area contributed by atoms with Crippen molar-refractivity contribution in [2.75, 3.05) is 13.1 Å². The van der Waals surface area contributed by atoms with Crippen LogP contribution in [0.1, 0.15) is 57.3 Å². The molecule has 1 N–H and O–H groups in total. The summed E-state index contributed by atoms with van der Waals surface area (Å²) < 4.78 is 2.10. The van der Waals surface area contributed by atoms with Crippen molar-refractivity contribution in [1.82, 2.24) is 15.1 Å². The van der Waals surface area contributed by atoms with Crippen LogP contribution in [-0.4, -0.2) is 22.9 Å². The van der Waals surface area contributed by atoms with Gasteiger partial charge < -0.3 is 5.32 Å². The van der Waals surface area contributed by atoms with Crippen molar-refractivity contribution < 1.29 is 0 Å². The third kappa shape index (κ3) is 4.23. The third-order valence-electron chi connectivity index (χ3n) is 4.81. The number of aromatic nitrogens is 2. The molecule has 3 nitrogen and oxygen atoms in total. The zero-order chi connectivity index (χ0) is 15.2. The zero-order valence-electron chi connectivity index (χ0n) is 13.8. The minimum absolute atomic E-state index is 0.693. The first-order chi connectivity index (χ1) is 10.2. The van der Waals surface area contributed by atoms with Crippen LogP contribution in [0.15, 0.2) is 0 Å². The topological polar surface area (TPSA) is 29.9 Å². The molecule has 0 aromatic carbocycles. The molecule has 0 spiro atoms. The highest BCUT2D eigenvalue weighted by atomic mass is 35.5. The predicted octanol–water partition coefficient (Wildman–Crippen LogP) is 4.21. The monoisotopic (exact) mass is 311 g/mol. The van der Waals surface area contributed by atoms with Crippen LogP contribution in [0.2, 0.25) is 5.02 Å². The van der Waals surface area contributed by atoms with Crippen LogP contribution in [0.3, 0.4) is 0 Å². The smallest absolute Gasteiger partial charge is 0.0847 e. The summed E-state index contributed by atoms with van der Waals surface area (Å²) in [5, 5.41) is 9.08. The van der Waals surface area contributed by atoms with Gasteiger partial charge in [-0.05, 0) is 51.6 Å². The van der Waals surface area contributed by atoms with Gasteiger partial charge in [0, 0.05) is 6.54 Å². The van der Waals surface area contributed by atoms with Gasteiger partial charge in [-0.25, -0.2) is 0 Å². The van der Waals surface area contributed by atoms with E-state index in [9.17, 15) is 0 Å². The van der Waals surface area contributed by atoms with Crippen molar-refractivity contribution in [1.29, 1.82) is 0 Å². The summed E-state index contributed by atoms with van der Waals surface area (Å²) in [4.78, 5) is 0. The van der Waals surface area contributed by atoms with Crippen LogP contribution in [0.4, 0.5) is 0 Å². The van der Waals surface area contributed by atoms with E-state index in [1.54, 1.807) is 0 Å². The molecule has 0 aliphatic heterocycles. The normalized spacial score (nSPS) is 17.5. The van der Waals surface area contributed by atoms with Crippen molar-refractivity contribution in [2.45, 2.75) is 65.8 Å². The highest BCUT2D eigenvalue weighted by Crippen LogP contribution is 2.34. The Morgan fingerprint density at radius 2 is 2.05 bits per heavy atom. The zero-order valence-corrected chi connectivity index (χ0v) is 14.5. The van der Waals surface area contributed by atoms with E-state index in [0.29, 0.717) is 5.92 Å². The van der Waals surface area contributed by atoms with Crippen molar-refractivity contribution in [2.24, 2.45) is 11.8 Å². The summed E-state index contributed by atoms with van der Waals surface area (Å²) in [5.41, 5.74) is 2.21. The Hall–Kier alpha value is -0.540. The van der Waals surface area contributed by atoms with E-state index in [0.717, 1.165) is 42.7 Å². The Kier molecular flexibility index (Phi) is 6.56. The molecule has 4 heteroatoms. The molecular formula is C17H30ClN3. The lowest BCUT2D eigenvalue weighted by atomic mass is 9.86. The van der Waals surface area contributed by atoms with Gasteiger partial charge in [0.25, 0.3) is 0 Å². The number of halogens is 1. The fourth-order valence-electron chi connectivity index (χ4n) is 3.61. The number of hydrogen-bond acceptors (Lipinski definition) is 2. The molecule has 2 rings (SSSR count). The van der Waals surface area contributed by atoms with Gasteiger partial charge in [-0.15, -0.1) is 0 Å². The second-order valence-corrected chi connectivity index (χ2v) is 6.75. The molecule has 1 saturated carbocycles. The summed E-state index contributed by atoms with van der Waals surface area (Å²) in [6.45, 7) is 9.52. The molecule has 0 saturated heterocycles. The largest absolute Gasteiger partial charge is 0.316 e. The maximum Gasteiger partial charge on any atom is 0.0847 e. The van der Waals surface area contributed by atoms with Crippen molar-refractivity contribution >= 4 is 11.6 Å². The highest BCUT2D eigenvalue weighted by Gasteiger charge is 2.27. The van der Waals surface area contributed by atoms with Crippen molar-refractivity contribution in [3.8, 4) is 0 Å². The molecule has 1 fully saturated rings. The lowest BCUT2D eigenvalue weighted by Crippen LogP contribution is -2.30. The first-order valence-electron chi connectivity index (χ1n) is 8.59. The summed E-state index contributed by atoms with van der Waals surface area (Å²) in [5.74, 6) is 1.55. The number of nitrogens with zero attached hydrogens (tertiary/aromatic N) is 2. The third-order valence-corrected chi connectivity index (χ3v) is 5.30. The van der Waals surface area contributed by atoms with E-state index in [1.807, 2.05) is 6.92 Å². The highest BCUT2D eigenvalue weighted by molar-refractivity contribution is 6.31. The SMILES string of the molecule is CCCNCC(Cc1c(Cl)c(C)nn1CC)C1CCCC1. The first kappa shape index (κ1) is 16.8. The van der Waals surface area contributed by atoms with Crippen molar-refractivity contribution in [3.05, 3.63) is 16.4 Å². The fraction of sp³-hybridized carbons (Fsp3) is 0.824. The van der Waals surface area contributed by atoms with Crippen LogP contribution in [-0.2, 0) is 13.0 Å². The van der Waals surface area contributed by atoms with Crippen LogP contribution in [0.5, 0.6) is 0 Å². The standard InChI is InChI=1S/C17H30ClN3/c1-4-10-19-12-15(14-8-6-7-9-14)11-16-17(18)13(3)20-21(16)5-2/h14-15,19H,4-12H2,1-3H3. The number of aryl methyl sites for hydroxylation is 2. The molecule has 21 heavy (non-hydrogen) atoms. The summed E-state index contributed by atoms with van der Waals surface area (Å²) in [6.07, 6.45) is 7.83.